The van der Waals surface area contributed by atoms with Gasteiger partial charge in [0.15, 0.2) is 0 Å². The molecule has 3 rings (SSSR count). The Morgan fingerprint density at radius 2 is 0.920 bits per heavy atom. The maximum atomic E-state index is 2.21. The average Bonchev–Trinajstić information content (AvgIpc) is 2.58. The van der Waals surface area contributed by atoms with Gasteiger partial charge in [-0.05, 0) is 43.0 Å². The number of hydrogen-bond donors (Lipinski definition) is 0. The molecule has 0 spiro atoms. The van der Waals surface area contributed by atoms with Crippen molar-refractivity contribution in [3.8, 4) is 0 Å². The van der Waals surface area contributed by atoms with Crippen LogP contribution in [0.5, 0.6) is 0 Å². The topological polar surface area (TPSA) is 0 Å². The van der Waals surface area contributed by atoms with Crippen LogP contribution in [0.2, 0.25) is 0 Å². The smallest absolute Gasteiger partial charge is 0.0251 e. The van der Waals surface area contributed by atoms with Crippen LogP contribution in [0.4, 0.5) is 0 Å². The molecular weight excluding hydrogens is 300 g/mol. The fraction of sp³-hybridized carbons (Fsp3) is 0.120. The van der Waals surface area contributed by atoms with E-state index < -0.39 is 0 Å². The van der Waals surface area contributed by atoms with Gasteiger partial charge >= 0.3 is 0 Å². The fourth-order valence-electron chi connectivity index (χ4n) is 2.98. The van der Waals surface area contributed by atoms with E-state index in [2.05, 4.69) is 112 Å². The monoisotopic (exact) mass is 324 g/mol. The molecule has 0 unspecified atom stereocenters. The van der Waals surface area contributed by atoms with E-state index in [0.29, 0.717) is 0 Å². The van der Waals surface area contributed by atoms with Crippen LogP contribution in [0.15, 0.2) is 66.7 Å². The molecule has 25 heavy (non-hydrogen) atoms. The summed E-state index contributed by atoms with van der Waals surface area (Å²) in [5.41, 5.74) is 8.80. The van der Waals surface area contributed by atoms with Crippen LogP contribution in [0.1, 0.15) is 38.9 Å². The Labute approximate surface area is 151 Å². The van der Waals surface area contributed by atoms with E-state index in [4.69, 9.17) is 0 Å². The van der Waals surface area contributed by atoms with E-state index in [-0.39, 0.29) is 0 Å². The highest BCUT2D eigenvalue weighted by Gasteiger charge is 1.94. The van der Waals surface area contributed by atoms with E-state index in [0.717, 1.165) is 0 Å². The third-order valence-corrected chi connectivity index (χ3v) is 4.16. The molecule has 0 heteroatoms. The van der Waals surface area contributed by atoms with Crippen molar-refractivity contribution in [2.24, 2.45) is 0 Å². The van der Waals surface area contributed by atoms with Crippen molar-refractivity contribution >= 4 is 24.3 Å². The molecule has 0 nitrogen and oxygen atoms in total. The van der Waals surface area contributed by atoms with E-state index in [1.165, 1.54) is 38.9 Å². The van der Waals surface area contributed by atoms with Gasteiger partial charge in [-0.15, -0.1) is 0 Å². The van der Waals surface area contributed by atoms with Crippen molar-refractivity contribution in [3.05, 3.63) is 106 Å². The van der Waals surface area contributed by atoms with Gasteiger partial charge < -0.3 is 0 Å². The number of benzene rings is 3. The molecule has 0 atom stereocenters. The van der Waals surface area contributed by atoms with Crippen molar-refractivity contribution in [1.82, 2.24) is 0 Å². The van der Waals surface area contributed by atoms with Crippen LogP contribution < -0.4 is 0 Å². The van der Waals surface area contributed by atoms with Crippen LogP contribution >= 0.6 is 0 Å². The summed E-state index contributed by atoms with van der Waals surface area (Å²) >= 11 is 0. The van der Waals surface area contributed by atoms with Crippen molar-refractivity contribution in [2.45, 2.75) is 20.8 Å². The van der Waals surface area contributed by atoms with Crippen LogP contribution in [0, 0.1) is 20.8 Å². The van der Waals surface area contributed by atoms with Gasteiger partial charge in [0.2, 0.25) is 0 Å². The zero-order valence-electron chi connectivity index (χ0n) is 15.2. The molecule has 0 bridgehead atoms. The van der Waals surface area contributed by atoms with Crippen LogP contribution in [-0.2, 0) is 0 Å². The molecule has 3 aromatic carbocycles. The molecule has 0 saturated carbocycles. The molecular formula is C25H24. The Morgan fingerprint density at radius 3 is 1.48 bits per heavy atom. The zero-order valence-corrected chi connectivity index (χ0v) is 15.2. The molecule has 124 valence electrons. The first-order valence-electron chi connectivity index (χ1n) is 8.70. The molecule has 0 aliphatic rings. The summed E-state index contributed by atoms with van der Waals surface area (Å²) in [7, 11) is 0. The third kappa shape index (κ3) is 5.06. The van der Waals surface area contributed by atoms with Gasteiger partial charge in [0.25, 0.3) is 0 Å². The van der Waals surface area contributed by atoms with Crippen LogP contribution in [0.25, 0.3) is 24.3 Å². The minimum atomic E-state index is 1.21. The van der Waals surface area contributed by atoms with Gasteiger partial charge in [0, 0.05) is 0 Å². The first-order chi connectivity index (χ1) is 12.1. The van der Waals surface area contributed by atoms with Crippen molar-refractivity contribution in [1.29, 1.82) is 0 Å². The van der Waals surface area contributed by atoms with Gasteiger partial charge in [0.1, 0.15) is 0 Å². The van der Waals surface area contributed by atoms with Crippen molar-refractivity contribution in [3.63, 3.8) is 0 Å². The highest BCUT2D eigenvalue weighted by Crippen LogP contribution is 2.15. The van der Waals surface area contributed by atoms with E-state index in [1.807, 2.05) is 0 Å². The Morgan fingerprint density at radius 1 is 0.440 bits per heavy atom. The molecule has 0 fully saturated rings. The van der Waals surface area contributed by atoms with Crippen molar-refractivity contribution in [2.75, 3.05) is 0 Å². The quantitative estimate of drug-likeness (QED) is 0.455. The van der Waals surface area contributed by atoms with Gasteiger partial charge in [-0.25, -0.2) is 0 Å². The van der Waals surface area contributed by atoms with E-state index in [1.54, 1.807) is 0 Å². The number of aryl methyl sites for hydroxylation is 3. The number of rotatable bonds is 4. The Kier molecular flexibility index (Phi) is 5.30. The molecule has 0 amide bonds. The van der Waals surface area contributed by atoms with Crippen molar-refractivity contribution < 1.29 is 0 Å². The molecule has 0 heterocycles. The standard InChI is InChI=1S/C25H24/c1-19-5-4-6-24(16-19)13-11-22-7-9-23(10-8-22)12-14-25-17-20(2)15-21(3)18-25/h4-18H,1-3H3/b13-11+,14-12+. The molecule has 0 saturated heterocycles. The summed E-state index contributed by atoms with van der Waals surface area (Å²) in [5.74, 6) is 0. The number of hydrogen-bond acceptors (Lipinski definition) is 0. The minimum Gasteiger partial charge on any atom is -0.0614 e. The fourth-order valence-corrected chi connectivity index (χ4v) is 2.98. The second kappa shape index (κ2) is 7.81. The highest BCUT2D eigenvalue weighted by atomic mass is 14.0. The van der Waals surface area contributed by atoms with E-state index in [9.17, 15) is 0 Å². The van der Waals surface area contributed by atoms with Gasteiger partial charge in [-0.2, -0.15) is 0 Å². The summed E-state index contributed by atoms with van der Waals surface area (Å²) in [4.78, 5) is 0. The first kappa shape index (κ1) is 17.0. The first-order valence-corrected chi connectivity index (χ1v) is 8.70. The highest BCUT2D eigenvalue weighted by molar-refractivity contribution is 5.73. The molecule has 0 aliphatic carbocycles. The maximum absolute atomic E-state index is 2.21. The molecule has 0 N–H and O–H groups in total. The van der Waals surface area contributed by atoms with Crippen LogP contribution in [-0.4, -0.2) is 0 Å². The summed E-state index contributed by atoms with van der Waals surface area (Å²) in [6.07, 6.45) is 8.67. The SMILES string of the molecule is Cc1cccc(/C=C/c2ccc(/C=C/c3cc(C)cc(C)c3)cc2)c1. The second-order valence-electron chi connectivity index (χ2n) is 6.67. The lowest BCUT2D eigenvalue weighted by Crippen LogP contribution is -1.80. The second-order valence-corrected chi connectivity index (χ2v) is 6.67. The predicted molar refractivity (Wildman–Crippen MR) is 111 cm³/mol. The maximum Gasteiger partial charge on any atom is -0.0251 e. The summed E-state index contributed by atoms with van der Waals surface area (Å²) in [6.45, 7) is 6.40. The lowest BCUT2D eigenvalue weighted by atomic mass is 10.1. The van der Waals surface area contributed by atoms with Gasteiger partial charge in [-0.3, -0.25) is 0 Å². The molecule has 0 radical (unpaired) electrons. The largest absolute Gasteiger partial charge is 0.0614 e. The normalized spacial score (nSPS) is 11.5. The minimum absolute atomic E-state index is 1.21. The summed E-state index contributed by atoms with van der Waals surface area (Å²) in [5, 5.41) is 0. The Balaban J connectivity index is 1.70. The zero-order chi connectivity index (χ0) is 17.6. The van der Waals surface area contributed by atoms with Gasteiger partial charge in [-0.1, -0.05) is 108 Å². The Hall–Kier alpha value is -2.86. The molecule has 3 aromatic rings. The Bertz CT molecular complexity index is 889. The average molecular weight is 324 g/mol. The lowest BCUT2D eigenvalue weighted by molar-refractivity contribution is 1.37. The third-order valence-electron chi connectivity index (χ3n) is 4.16. The summed E-state index contributed by atoms with van der Waals surface area (Å²) in [6, 6.07) is 23.8. The van der Waals surface area contributed by atoms with E-state index >= 15 is 0 Å². The van der Waals surface area contributed by atoms with Crippen LogP contribution in [0.3, 0.4) is 0 Å². The predicted octanol–water partition coefficient (Wildman–Crippen LogP) is 6.95. The molecule has 0 aliphatic heterocycles. The van der Waals surface area contributed by atoms with Gasteiger partial charge in [0.05, 0.1) is 0 Å². The summed E-state index contributed by atoms with van der Waals surface area (Å²) < 4.78 is 0. The lowest BCUT2D eigenvalue weighted by Gasteiger charge is -2.01. The molecule has 0 aromatic heterocycles.